The number of nitrogens with one attached hydrogen (secondary N) is 1. The molecule has 7 heteroatoms. The number of imide groups is 1. The van der Waals surface area contributed by atoms with Gasteiger partial charge in [-0.1, -0.05) is 30.3 Å². The molecule has 6 nitrogen and oxygen atoms in total. The van der Waals surface area contributed by atoms with Crippen molar-refractivity contribution in [3.63, 3.8) is 0 Å². The lowest BCUT2D eigenvalue weighted by Gasteiger charge is -2.10. The Morgan fingerprint density at radius 1 is 0.710 bits per heavy atom. The van der Waals surface area contributed by atoms with Gasteiger partial charge in [-0.15, -0.1) is 0 Å². The predicted molar refractivity (Wildman–Crippen MR) is 119 cm³/mol. The first-order chi connectivity index (χ1) is 15.2. The molecule has 0 bridgehead atoms. The zero-order valence-corrected chi connectivity index (χ0v) is 17.5. The number of thioether (sulfide) groups is 1. The molecule has 1 fully saturated rings. The molecule has 0 aliphatic carbocycles. The fourth-order valence-corrected chi connectivity index (χ4v) is 3.81. The largest absolute Gasteiger partial charge is 0.493 e. The monoisotopic (exact) mass is 435 g/mol. The Balaban J connectivity index is 1.17. The Morgan fingerprint density at radius 2 is 1.26 bits per heavy atom. The topological polar surface area (TPSA) is 73.9 Å². The third-order valence-electron chi connectivity index (χ3n) is 4.50. The molecule has 1 atom stereocenters. The van der Waals surface area contributed by atoms with Gasteiger partial charge < -0.3 is 14.2 Å². The molecule has 4 rings (SSSR count). The van der Waals surface area contributed by atoms with Crippen LogP contribution in [0, 0.1) is 0 Å². The fourth-order valence-electron chi connectivity index (χ4n) is 2.98. The van der Waals surface area contributed by atoms with Gasteiger partial charge in [0.15, 0.2) is 0 Å². The molecule has 1 aliphatic heterocycles. The maximum atomic E-state index is 11.7. The van der Waals surface area contributed by atoms with Crippen LogP contribution in [0.15, 0.2) is 78.9 Å². The van der Waals surface area contributed by atoms with E-state index in [1.165, 1.54) is 0 Å². The third kappa shape index (κ3) is 5.79. The van der Waals surface area contributed by atoms with Gasteiger partial charge >= 0.3 is 0 Å². The van der Waals surface area contributed by atoms with E-state index >= 15 is 0 Å². The molecule has 1 heterocycles. The summed E-state index contributed by atoms with van der Waals surface area (Å²) in [6.45, 7) is 1.03. The molecule has 0 aromatic heterocycles. The molecule has 2 amide bonds. The molecule has 0 saturated carbocycles. The van der Waals surface area contributed by atoms with Crippen LogP contribution in [0.5, 0.6) is 23.0 Å². The molecular weight excluding hydrogens is 414 g/mol. The van der Waals surface area contributed by atoms with Gasteiger partial charge in [0.05, 0.1) is 13.2 Å². The Morgan fingerprint density at radius 3 is 1.84 bits per heavy atom. The first kappa shape index (κ1) is 20.8. The van der Waals surface area contributed by atoms with Gasteiger partial charge in [0, 0.05) is 6.42 Å². The minimum atomic E-state index is -0.487. The van der Waals surface area contributed by atoms with Crippen molar-refractivity contribution in [2.45, 2.75) is 11.7 Å². The molecule has 0 radical (unpaired) electrons. The summed E-state index contributed by atoms with van der Waals surface area (Å²) in [5, 5.41) is 1.49. The molecule has 3 aromatic rings. The first-order valence-electron chi connectivity index (χ1n) is 9.87. The summed E-state index contributed by atoms with van der Waals surface area (Å²) in [4.78, 5) is 23.0. The van der Waals surface area contributed by atoms with Crippen LogP contribution in [-0.2, 0) is 4.79 Å². The van der Waals surface area contributed by atoms with Crippen LogP contribution in [0.3, 0.4) is 0 Å². The second-order valence-electron chi connectivity index (χ2n) is 6.78. The number of ether oxygens (including phenoxy) is 3. The van der Waals surface area contributed by atoms with E-state index in [1.54, 1.807) is 24.3 Å². The second-order valence-corrected chi connectivity index (χ2v) is 7.86. The first-order valence-corrected chi connectivity index (χ1v) is 10.8. The van der Waals surface area contributed by atoms with Crippen LogP contribution in [0.1, 0.15) is 17.2 Å². The number of carbonyl (C=O) groups excluding carboxylic acids is 2. The normalized spacial score (nSPS) is 15.4. The number of carbonyl (C=O) groups is 2. The van der Waals surface area contributed by atoms with Gasteiger partial charge in [-0.25, -0.2) is 0 Å². The minimum absolute atomic E-state index is 0.277. The summed E-state index contributed by atoms with van der Waals surface area (Å²) in [6.07, 6.45) is 0.722. The average molecular weight is 436 g/mol. The second kappa shape index (κ2) is 10.0. The maximum Gasteiger partial charge on any atom is 0.286 e. The van der Waals surface area contributed by atoms with E-state index in [2.05, 4.69) is 5.32 Å². The number of amides is 2. The lowest BCUT2D eigenvalue weighted by Crippen LogP contribution is -2.20. The van der Waals surface area contributed by atoms with E-state index < -0.39 is 5.25 Å². The molecule has 31 heavy (non-hydrogen) atoms. The predicted octanol–water partition coefficient (Wildman–Crippen LogP) is 5.35. The van der Waals surface area contributed by atoms with Crippen molar-refractivity contribution in [2.75, 3.05) is 13.2 Å². The van der Waals surface area contributed by atoms with Gasteiger partial charge in [0.2, 0.25) is 5.91 Å². The molecule has 0 spiro atoms. The Labute approximate surface area is 184 Å². The summed E-state index contributed by atoms with van der Waals surface area (Å²) in [5.41, 5.74) is 0.781. The quantitative estimate of drug-likeness (QED) is 0.457. The van der Waals surface area contributed by atoms with Gasteiger partial charge in [-0.05, 0) is 65.9 Å². The van der Waals surface area contributed by atoms with Crippen molar-refractivity contribution in [3.8, 4) is 23.0 Å². The van der Waals surface area contributed by atoms with Gasteiger partial charge in [0.25, 0.3) is 5.24 Å². The zero-order valence-electron chi connectivity index (χ0n) is 16.7. The van der Waals surface area contributed by atoms with E-state index in [1.807, 2.05) is 54.6 Å². The van der Waals surface area contributed by atoms with Crippen molar-refractivity contribution in [1.82, 2.24) is 5.32 Å². The van der Waals surface area contributed by atoms with Crippen molar-refractivity contribution in [3.05, 3.63) is 84.4 Å². The van der Waals surface area contributed by atoms with E-state index in [0.717, 1.165) is 41.0 Å². The molecule has 3 aromatic carbocycles. The van der Waals surface area contributed by atoms with E-state index in [0.29, 0.717) is 19.0 Å². The van der Waals surface area contributed by atoms with Crippen molar-refractivity contribution < 1.29 is 23.8 Å². The van der Waals surface area contributed by atoms with Gasteiger partial charge in [-0.2, -0.15) is 0 Å². The lowest BCUT2D eigenvalue weighted by molar-refractivity contribution is -0.119. The van der Waals surface area contributed by atoms with Crippen LogP contribution < -0.4 is 19.5 Å². The van der Waals surface area contributed by atoms with E-state index in [4.69, 9.17) is 14.2 Å². The number of benzene rings is 3. The summed E-state index contributed by atoms with van der Waals surface area (Å²) < 4.78 is 17.2. The van der Waals surface area contributed by atoms with Gasteiger partial charge in [-0.3, -0.25) is 14.9 Å². The van der Waals surface area contributed by atoms with Crippen molar-refractivity contribution in [2.24, 2.45) is 0 Å². The summed E-state index contributed by atoms with van der Waals surface area (Å²) in [6, 6.07) is 24.3. The number of para-hydroxylation sites is 1. The highest BCUT2D eigenvalue weighted by Crippen LogP contribution is 2.34. The van der Waals surface area contributed by atoms with Crippen molar-refractivity contribution in [1.29, 1.82) is 0 Å². The SMILES string of the molecule is O=C1NC(=O)C(c2ccc(OCCCOc3ccc(Oc4ccccc4)cc3)cc2)S1. The highest BCUT2D eigenvalue weighted by atomic mass is 32.2. The van der Waals surface area contributed by atoms with Crippen LogP contribution in [0.25, 0.3) is 0 Å². The molecule has 1 aliphatic rings. The standard InChI is InChI=1S/C24H21NO5S/c26-23-22(31-24(27)25-23)17-7-9-18(10-8-17)28-15-4-16-29-19-11-13-21(14-12-19)30-20-5-2-1-3-6-20/h1-3,5-14,22H,4,15-16H2,(H,25,26,27). The summed E-state index contributed by atoms with van der Waals surface area (Å²) in [5.74, 6) is 2.75. The van der Waals surface area contributed by atoms with E-state index in [9.17, 15) is 9.59 Å². The van der Waals surface area contributed by atoms with Crippen LogP contribution in [0.4, 0.5) is 4.79 Å². The van der Waals surface area contributed by atoms with E-state index in [-0.39, 0.29) is 11.1 Å². The summed E-state index contributed by atoms with van der Waals surface area (Å²) in [7, 11) is 0. The molecule has 1 unspecified atom stereocenters. The highest BCUT2D eigenvalue weighted by molar-refractivity contribution is 8.15. The smallest absolute Gasteiger partial charge is 0.286 e. The summed E-state index contributed by atoms with van der Waals surface area (Å²) >= 11 is 0.991. The fraction of sp³-hybridized carbons (Fsp3) is 0.167. The number of hydrogen-bond acceptors (Lipinski definition) is 6. The number of rotatable bonds is 9. The van der Waals surface area contributed by atoms with Crippen LogP contribution in [-0.4, -0.2) is 24.4 Å². The van der Waals surface area contributed by atoms with Gasteiger partial charge in [0.1, 0.15) is 28.2 Å². The Bertz CT molecular complexity index is 1020. The molecule has 1 N–H and O–H groups in total. The molecule has 1 saturated heterocycles. The van der Waals surface area contributed by atoms with Crippen LogP contribution in [0.2, 0.25) is 0 Å². The van der Waals surface area contributed by atoms with Crippen LogP contribution >= 0.6 is 11.8 Å². The third-order valence-corrected chi connectivity index (χ3v) is 5.54. The lowest BCUT2D eigenvalue weighted by atomic mass is 10.1. The maximum absolute atomic E-state index is 11.7. The Hall–Kier alpha value is -3.45. The molecular formula is C24H21NO5S. The molecule has 158 valence electrons. The Kier molecular flexibility index (Phi) is 6.74. The zero-order chi connectivity index (χ0) is 21.5. The van der Waals surface area contributed by atoms with Crippen molar-refractivity contribution >= 4 is 22.9 Å². The highest BCUT2D eigenvalue weighted by Gasteiger charge is 2.32. The minimum Gasteiger partial charge on any atom is -0.493 e. The number of hydrogen-bond donors (Lipinski definition) is 1. The average Bonchev–Trinajstić information content (AvgIpc) is 3.14.